The van der Waals surface area contributed by atoms with Crippen LogP contribution in [0.5, 0.6) is 11.5 Å². The summed E-state index contributed by atoms with van der Waals surface area (Å²) in [5, 5.41) is 6.19. The molecule has 6 nitrogen and oxygen atoms in total. The molecule has 1 saturated carbocycles. The van der Waals surface area contributed by atoms with E-state index in [-0.39, 0.29) is 17.5 Å². The Morgan fingerprint density at radius 3 is 2.53 bits per heavy atom. The summed E-state index contributed by atoms with van der Waals surface area (Å²) in [6.07, 6.45) is 6.08. The molecule has 2 aliphatic rings. The monoisotopic (exact) mass is 455 g/mol. The minimum Gasteiger partial charge on any atom is -0.493 e. The van der Waals surface area contributed by atoms with Crippen LogP contribution in [-0.4, -0.2) is 57.1 Å². The first-order chi connectivity index (χ1) is 15.5. The molecular weight excluding hydrogens is 422 g/mol. The van der Waals surface area contributed by atoms with Gasteiger partial charge >= 0.3 is 6.03 Å². The maximum Gasteiger partial charge on any atom is 0.319 e. The molecule has 3 unspecified atom stereocenters. The molecule has 2 aromatic carbocycles. The minimum atomic E-state index is -0.133. The van der Waals surface area contributed by atoms with E-state index in [1.54, 1.807) is 26.0 Å². The highest BCUT2D eigenvalue weighted by molar-refractivity contribution is 7.98. The zero-order valence-electron chi connectivity index (χ0n) is 19.3. The molecule has 0 bridgehead atoms. The number of rotatable bonds is 6. The van der Waals surface area contributed by atoms with Gasteiger partial charge < -0.3 is 25.0 Å². The van der Waals surface area contributed by atoms with Gasteiger partial charge in [0.2, 0.25) is 0 Å². The van der Waals surface area contributed by atoms with E-state index in [9.17, 15) is 4.79 Å². The van der Waals surface area contributed by atoms with Crippen LogP contribution >= 0.6 is 11.8 Å². The zero-order chi connectivity index (χ0) is 22.7. The predicted molar refractivity (Wildman–Crippen MR) is 130 cm³/mol. The van der Waals surface area contributed by atoms with Crippen molar-refractivity contribution in [2.45, 2.75) is 48.1 Å². The van der Waals surface area contributed by atoms with Gasteiger partial charge in [-0.3, -0.25) is 0 Å². The van der Waals surface area contributed by atoms with Crippen molar-refractivity contribution in [1.82, 2.24) is 10.2 Å². The number of nitrogens with zero attached hydrogens (tertiary/aromatic N) is 1. The molecule has 0 radical (unpaired) electrons. The Labute approximate surface area is 195 Å². The lowest BCUT2D eigenvalue weighted by Crippen LogP contribution is -2.52. The fourth-order valence-electron chi connectivity index (χ4n) is 5.42. The first-order valence-electron chi connectivity index (χ1n) is 11.1. The van der Waals surface area contributed by atoms with E-state index in [0.717, 1.165) is 49.4 Å². The summed E-state index contributed by atoms with van der Waals surface area (Å²) in [6, 6.07) is 14.7. The molecule has 2 N–H and O–H groups in total. The third-order valence-corrected chi connectivity index (χ3v) is 7.91. The quantitative estimate of drug-likeness (QED) is 0.616. The summed E-state index contributed by atoms with van der Waals surface area (Å²) in [7, 11) is 5.55. The molecule has 3 atom stereocenters. The number of benzene rings is 2. The molecular formula is C25H33N3O3S. The van der Waals surface area contributed by atoms with Gasteiger partial charge in [-0.15, -0.1) is 11.8 Å². The Bertz CT molecular complexity index is 952. The third-order valence-electron chi connectivity index (χ3n) is 7.17. The van der Waals surface area contributed by atoms with Crippen LogP contribution in [0.15, 0.2) is 47.4 Å². The number of ether oxygens (including phenoxy) is 2. The van der Waals surface area contributed by atoms with Gasteiger partial charge in [0.1, 0.15) is 0 Å². The van der Waals surface area contributed by atoms with Gasteiger partial charge in [-0.2, -0.15) is 0 Å². The fraction of sp³-hybridized carbons (Fsp3) is 0.480. The van der Waals surface area contributed by atoms with Crippen molar-refractivity contribution in [3.05, 3.63) is 48.0 Å². The summed E-state index contributed by atoms with van der Waals surface area (Å²) in [6.45, 7) is 1.06. The van der Waals surface area contributed by atoms with Gasteiger partial charge in [0.15, 0.2) is 11.5 Å². The number of carbonyl (C=O) groups is 1. The molecule has 1 heterocycles. The first-order valence-corrected chi connectivity index (χ1v) is 12.4. The smallest absolute Gasteiger partial charge is 0.319 e. The average Bonchev–Trinajstić information content (AvgIpc) is 3.16. The van der Waals surface area contributed by atoms with Crippen molar-refractivity contribution >= 4 is 23.5 Å². The van der Waals surface area contributed by atoms with E-state index in [0.29, 0.717) is 6.04 Å². The second-order valence-corrected chi connectivity index (χ2v) is 9.65. The summed E-state index contributed by atoms with van der Waals surface area (Å²) in [5.41, 5.74) is 2.20. The predicted octanol–water partition coefficient (Wildman–Crippen LogP) is 4.74. The number of fused-ring (bicyclic) bond motifs is 1. The highest BCUT2D eigenvalue weighted by Gasteiger charge is 2.50. The molecule has 0 spiro atoms. The normalized spacial score (nSPS) is 25.1. The number of hydrogen-bond acceptors (Lipinski definition) is 5. The molecule has 2 amide bonds. The van der Waals surface area contributed by atoms with Gasteiger partial charge in [0.25, 0.3) is 0 Å². The lowest BCUT2D eigenvalue weighted by Gasteiger charge is -2.45. The van der Waals surface area contributed by atoms with Crippen molar-refractivity contribution in [3.8, 4) is 11.5 Å². The van der Waals surface area contributed by atoms with Crippen molar-refractivity contribution in [1.29, 1.82) is 0 Å². The summed E-state index contributed by atoms with van der Waals surface area (Å²) < 4.78 is 11.0. The fourth-order valence-corrected chi connectivity index (χ4v) is 5.83. The topological polar surface area (TPSA) is 62.8 Å². The number of anilines is 1. The number of nitrogens with one attached hydrogen (secondary N) is 2. The summed E-state index contributed by atoms with van der Waals surface area (Å²) in [5.74, 6) is 1.54. The van der Waals surface area contributed by atoms with Gasteiger partial charge in [0, 0.05) is 28.1 Å². The molecule has 1 saturated heterocycles. The zero-order valence-corrected chi connectivity index (χ0v) is 20.1. The number of methoxy groups -OCH3 is 2. The van der Waals surface area contributed by atoms with E-state index < -0.39 is 0 Å². The van der Waals surface area contributed by atoms with E-state index in [4.69, 9.17) is 9.47 Å². The van der Waals surface area contributed by atoms with Crippen molar-refractivity contribution in [3.63, 3.8) is 0 Å². The highest BCUT2D eigenvalue weighted by atomic mass is 32.2. The molecule has 1 aliphatic carbocycles. The van der Waals surface area contributed by atoms with Crippen LogP contribution in [0, 0.1) is 0 Å². The molecule has 2 aromatic rings. The van der Waals surface area contributed by atoms with E-state index in [2.05, 4.69) is 34.7 Å². The Balaban J connectivity index is 1.45. The van der Waals surface area contributed by atoms with Crippen LogP contribution in [0.4, 0.5) is 10.5 Å². The van der Waals surface area contributed by atoms with Gasteiger partial charge in [0.05, 0.1) is 14.2 Å². The van der Waals surface area contributed by atoms with E-state index >= 15 is 0 Å². The first kappa shape index (κ1) is 22.8. The molecule has 0 aromatic heterocycles. The van der Waals surface area contributed by atoms with Crippen molar-refractivity contribution in [2.75, 3.05) is 39.4 Å². The molecule has 7 heteroatoms. The molecule has 32 heavy (non-hydrogen) atoms. The van der Waals surface area contributed by atoms with Gasteiger partial charge in [-0.05, 0) is 87.5 Å². The summed E-state index contributed by atoms with van der Waals surface area (Å²) >= 11 is 1.69. The van der Waals surface area contributed by atoms with Gasteiger partial charge in [-0.25, -0.2) is 4.79 Å². The van der Waals surface area contributed by atoms with Crippen molar-refractivity contribution < 1.29 is 14.3 Å². The summed E-state index contributed by atoms with van der Waals surface area (Å²) in [4.78, 5) is 16.3. The number of urea groups is 1. The van der Waals surface area contributed by atoms with E-state index in [1.165, 1.54) is 10.5 Å². The van der Waals surface area contributed by atoms with Crippen LogP contribution in [0.3, 0.4) is 0 Å². The molecule has 172 valence electrons. The van der Waals surface area contributed by atoms with Crippen molar-refractivity contribution in [2.24, 2.45) is 0 Å². The Hall–Kier alpha value is -2.38. The number of hydrogen-bond donors (Lipinski definition) is 2. The van der Waals surface area contributed by atoms with Crippen LogP contribution in [0.25, 0.3) is 0 Å². The van der Waals surface area contributed by atoms with Crippen LogP contribution < -0.4 is 20.1 Å². The van der Waals surface area contributed by atoms with Crippen LogP contribution in [0.1, 0.15) is 31.2 Å². The minimum absolute atomic E-state index is 0.0800. The number of likely N-dealkylation sites (N-methyl/N-ethyl adjacent to an activating group) is 1. The molecule has 4 rings (SSSR count). The Kier molecular flexibility index (Phi) is 6.86. The third kappa shape index (κ3) is 4.41. The Morgan fingerprint density at radius 2 is 1.84 bits per heavy atom. The number of carbonyl (C=O) groups excluding carboxylic acids is 1. The maximum atomic E-state index is 12.6. The number of thioether (sulfide) groups is 1. The van der Waals surface area contributed by atoms with Gasteiger partial charge in [-0.1, -0.05) is 6.07 Å². The molecule has 1 aliphatic heterocycles. The second kappa shape index (κ2) is 9.63. The lowest BCUT2D eigenvalue weighted by atomic mass is 9.65. The maximum absolute atomic E-state index is 12.6. The van der Waals surface area contributed by atoms with E-state index in [1.807, 2.05) is 36.6 Å². The highest BCUT2D eigenvalue weighted by Crippen LogP contribution is 2.49. The standard InChI is InChI=1S/C25H33N3O3S/c1-28-14-13-25(17-5-10-21(30-2)22(15-17)31-3)12-11-19(16-23(25)28)27-24(29)26-18-6-8-20(32-4)9-7-18/h5-10,15,19,23H,11-14,16H2,1-4H3,(H2,26,27,29). The molecule has 2 fully saturated rings. The lowest BCUT2D eigenvalue weighted by molar-refractivity contribution is 0.156. The SMILES string of the molecule is COc1ccc(C23CCC(NC(=O)Nc4ccc(SC)cc4)CC2N(C)CC3)cc1OC. The van der Waals surface area contributed by atoms with Crippen LogP contribution in [0.2, 0.25) is 0 Å². The van der Waals surface area contributed by atoms with Crippen LogP contribution in [-0.2, 0) is 5.41 Å². The average molecular weight is 456 g/mol. The second-order valence-electron chi connectivity index (χ2n) is 8.77. The largest absolute Gasteiger partial charge is 0.493 e. The Morgan fingerprint density at radius 1 is 1.09 bits per heavy atom. The number of likely N-dealkylation sites (tertiary alicyclic amines) is 1. The number of amides is 2.